The molecule has 0 saturated heterocycles. The van der Waals surface area contributed by atoms with Crippen LogP contribution in [0.5, 0.6) is 0 Å². The van der Waals surface area contributed by atoms with E-state index in [9.17, 15) is 9.59 Å². The van der Waals surface area contributed by atoms with Crippen molar-refractivity contribution in [2.24, 2.45) is 0 Å². The van der Waals surface area contributed by atoms with Crippen LogP contribution in [0.4, 0.5) is 4.79 Å². The first-order valence-corrected chi connectivity index (χ1v) is 7.70. The van der Waals surface area contributed by atoms with Gasteiger partial charge in [0.05, 0.1) is 13.2 Å². The van der Waals surface area contributed by atoms with E-state index in [1.54, 1.807) is 20.8 Å². The number of alkyl carbamates (subject to hydrolysis) is 1. The van der Waals surface area contributed by atoms with E-state index >= 15 is 0 Å². The van der Waals surface area contributed by atoms with Crippen LogP contribution in [-0.4, -0.2) is 36.8 Å². The van der Waals surface area contributed by atoms with Gasteiger partial charge in [0.25, 0.3) is 0 Å². The zero-order chi connectivity index (χ0) is 17.3. The van der Waals surface area contributed by atoms with Crippen molar-refractivity contribution in [1.82, 2.24) is 10.6 Å². The second-order valence-electron chi connectivity index (χ2n) is 6.09. The number of nitrogens with one attached hydrogen (secondary N) is 2. The summed E-state index contributed by atoms with van der Waals surface area (Å²) < 4.78 is 10.7. The SMILES string of the molecule is CCNC(=O)C(COCc1ccccc1)NC(=O)OC(C)(C)C. The highest BCUT2D eigenvalue weighted by molar-refractivity contribution is 5.85. The van der Waals surface area contributed by atoms with E-state index in [0.29, 0.717) is 13.2 Å². The van der Waals surface area contributed by atoms with Crippen LogP contribution >= 0.6 is 0 Å². The highest BCUT2D eigenvalue weighted by atomic mass is 16.6. The second kappa shape index (κ2) is 9.15. The molecule has 0 aliphatic carbocycles. The van der Waals surface area contributed by atoms with E-state index in [1.807, 2.05) is 37.3 Å². The summed E-state index contributed by atoms with van der Waals surface area (Å²) in [4.78, 5) is 23.9. The molecule has 1 aromatic rings. The molecular formula is C17H26N2O4. The smallest absolute Gasteiger partial charge is 0.408 e. The predicted octanol–water partition coefficient (Wildman–Crippen LogP) is 2.23. The van der Waals surface area contributed by atoms with Crippen LogP contribution in [0.25, 0.3) is 0 Å². The number of benzene rings is 1. The molecule has 0 aromatic heterocycles. The number of likely N-dealkylation sites (N-methyl/N-ethyl adjacent to an activating group) is 1. The van der Waals surface area contributed by atoms with Gasteiger partial charge in [0.1, 0.15) is 11.6 Å². The van der Waals surface area contributed by atoms with Crippen LogP contribution in [0.2, 0.25) is 0 Å². The number of ether oxygens (including phenoxy) is 2. The molecule has 6 nitrogen and oxygen atoms in total. The van der Waals surface area contributed by atoms with Gasteiger partial charge in [-0.15, -0.1) is 0 Å². The lowest BCUT2D eigenvalue weighted by molar-refractivity contribution is -0.124. The third-order valence-corrected chi connectivity index (χ3v) is 2.75. The van der Waals surface area contributed by atoms with E-state index in [4.69, 9.17) is 9.47 Å². The minimum absolute atomic E-state index is 0.0694. The Hall–Kier alpha value is -2.08. The topological polar surface area (TPSA) is 76.7 Å². The predicted molar refractivity (Wildman–Crippen MR) is 87.9 cm³/mol. The van der Waals surface area contributed by atoms with Gasteiger partial charge >= 0.3 is 6.09 Å². The molecule has 0 fully saturated rings. The fraction of sp³-hybridized carbons (Fsp3) is 0.529. The van der Waals surface area contributed by atoms with Crippen molar-refractivity contribution in [2.45, 2.75) is 45.9 Å². The molecule has 0 spiro atoms. The van der Waals surface area contributed by atoms with Gasteiger partial charge in [0, 0.05) is 6.54 Å². The van der Waals surface area contributed by atoms with Crippen molar-refractivity contribution in [1.29, 1.82) is 0 Å². The minimum atomic E-state index is -0.798. The normalized spacial score (nSPS) is 12.3. The minimum Gasteiger partial charge on any atom is -0.444 e. The second-order valence-corrected chi connectivity index (χ2v) is 6.09. The van der Waals surface area contributed by atoms with E-state index in [0.717, 1.165) is 5.56 Å². The molecule has 2 N–H and O–H groups in total. The van der Waals surface area contributed by atoms with Crippen LogP contribution in [0.1, 0.15) is 33.3 Å². The lowest BCUT2D eigenvalue weighted by Crippen LogP contribution is -2.50. The molecule has 2 amide bonds. The van der Waals surface area contributed by atoms with Gasteiger partial charge in [-0.05, 0) is 33.3 Å². The van der Waals surface area contributed by atoms with Crippen LogP contribution in [0, 0.1) is 0 Å². The highest BCUT2D eigenvalue weighted by Crippen LogP contribution is 2.07. The molecule has 0 aliphatic heterocycles. The van der Waals surface area contributed by atoms with Gasteiger partial charge in [-0.1, -0.05) is 30.3 Å². The summed E-state index contributed by atoms with van der Waals surface area (Å²) in [7, 11) is 0. The molecule has 23 heavy (non-hydrogen) atoms. The average Bonchev–Trinajstić information content (AvgIpc) is 2.45. The summed E-state index contributed by atoms with van der Waals surface area (Å²) in [5.74, 6) is -0.300. The Balaban J connectivity index is 2.55. The standard InChI is InChI=1S/C17H26N2O4/c1-5-18-15(20)14(19-16(21)23-17(2,3)4)12-22-11-13-9-7-6-8-10-13/h6-10,14H,5,11-12H2,1-4H3,(H,18,20)(H,19,21). The quantitative estimate of drug-likeness (QED) is 0.807. The summed E-state index contributed by atoms with van der Waals surface area (Å²) in [6, 6.07) is 8.82. The van der Waals surface area contributed by atoms with Gasteiger partial charge < -0.3 is 20.1 Å². The maximum Gasteiger partial charge on any atom is 0.408 e. The van der Waals surface area contributed by atoms with Gasteiger partial charge in [-0.25, -0.2) is 4.79 Å². The first-order valence-electron chi connectivity index (χ1n) is 7.70. The molecular weight excluding hydrogens is 296 g/mol. The van der Waals surface area contributed by atoms with Gasteiger partial charge in [-0.2, -0.15) is 0 Å². The fourth-order valence-electron chi connectivity index (χ4n) is 1.80. The molecule has 1 atom stereocenters. The first-order chi connectivity index (χ1) is 10.8. The lowest BCUT2D eigenvalue weighted by atomic mass is 10.2. The number of hydrogen-bond acceptors (Lipinski definition) is 4. The molecule has 1 aromatic carbocycles. The highest BCUT2D eigenvalue weighted by Gasteiger charge is 2.24. The van der Waals surface area contributed by atoms with E-state index in [2.05, 4.69) is 10.6 Å². The van der Waals surface area contributed by atoms with Crippen molar-refractivity contribution < 1.29 is 19.1 Å². The third-order valence-electron chi connectivity index (χ3n) is 2.75. The zero-order valence-electron chi connectivity index (χ0n) is 14.2. The lowest BCUT2D eigenvalue weighted by Gasteiger charge is -2.23. The molecule has 0 saturated carbocycles. The van der Waals surface area contributed by atoms with Crippen molar-refractivity contribution in [3.8, 4) is 0 Å². The molecule has 0 bridgehead atoms. The van der Waals surface area contributed by atoms with Crippen LogP contribution in [0.15, 0.2) is 30.3 Å². The number of carbonyl (C=O) groups excluding carboxylic acids is 2. The van der Waals surface area contributed by atoms with Gasteiger partial charge in [0.15, 0.2) is 0 Å². The van der Waals surface area contributed by atoms with E-state index in [1.165, 1.54) is 0 Å². The van der Waals surface area contributed by atoms with Crippen LogP contribution in [0.3, 0.4) is 0 Å². The number of amides is 2. The maximum atomic E-state index is 12.0. The third kappa shape index (κ3) is 8.21. The van der Waals surface area contributed by atoms with Crippen molar-refractivity contribution in [2.75, 3.05) is 13.2 Å². The Labute approximate surface area is 137 Å². The average molecular weight is 322 g/mol. The van der Waals surface area contributed by atoms with Gasteiger partial charge in [0.2, 0.25) is 5.91 Å². The Morgan fingerprint density at radius 1 is 1.17 bits per heavy atom. The summed E-state index contributed by atoms with van der Waals surface area (Å²) in [5, 5.41) is 5.22. The van der Waals surface area contributed by atoms with Crippen molar-refractivity contribution in [3.05, 3.63) is 35.9 Å². The maximum absolute atomic E-state index is 12.0. The molecule has 6 heteroatoms. The summed E-state index contributed by atoms with van der Waals surface area (Å²) in [6.07, 6.45) is -0.642. The number of carbonyl (C=O) groups is 2. The first kappa shape index (κ1) is 19.0. The fourth-order valence-corrected chi connectivity index (χ4v) is 1.80. The number of rotatable bonds is 7. The Bertz CT molecular complexity index is 497. The molecule has 1 unspecified atom stereocenters. The van der Waals surface area contributed by atoms with Crippen LogP contribution < -0.4 is 10.6 Å². The molecule has 128 valence electrons. The Kier molecular flexibility index (Phi) is 7.54. The monoisotopic (exact) mass is 322 g/mol. The molecule has 0 heterocycles. The summed E-state index contributed by atoms with van der Waals surface area (Å²) in [5.41, 5.74) is 0.375. The summed E-state index contributed by atoms with van der Waals surface area (Å²) >= 11 is 0. The van der Waals surface area contributed by atoms with Crippen molar-refractivity contribution in [3.63, 3.8) is 0 Å². The van der Waals surface area contributed by atoms with E-state index < -0.39 is 17.7 Å². The molecule has 0 aliphatic rings. The van der Waals surface area contributed by atoms with Gasteiger partial charge in [-0.3, -0.25) is 4.79 Å². The van der Waals surface area contributed by atoms with E-state index in [-0.39, 0.29) is 12.5 Å². The summed E-state index contributed by atoms with van der Waals surface area (Å²) in [6.45, 7) is 8.02. The Morgan fingerprint density at radius 2 is 1.83 bits per heavy atom. The number of hydrogen-bond donors (Lipinski definition) is 2. The largest absolute Gasteiger partial charge is 0.444 e. The molecule has 1 rings (SSSR count). The zero-order valence-corrected chi connectivity index (χ0v) is 14.2. The molecule has 0 radical (unpaired) electrons. The Morgan fingerprint density at radius 3 is 2.39 bits per heavy atom. The van der Waals surface area contributed by atoms with Crippen molar-refractivity contribution >= 4 is 12.0 Å². The van der Waals surface area contributed by atoms with Crippen LogP contribution in [-0.2, 0) is 20.9 Å².